The Hall–Kier alpha value is -4.43. The molecule has 6 aromatic rings. The van der Waals surface area contributed by atoms with Gasteiger partial charge < -0.3 is 4.90 Å². The van der Waals surface area contributed by atoms with Gasteiger partial charge in [-0.1, -0.05) is 84.9 Å². The molecule has 0 spiro atoms. The van der Waals surface area contributed by atoms with Crippen LogP contribution in [0.4, 0.5) is 17.1 Å². The highest BCUT2D eigenvalue weighted by Gasteiger charge is 2.25. The fourth-order valence-corrected chi connectivity index (χ4v) is 5.24. The van der Waals surface area contributed by atoms with Crippen molar-refractivity contribution < 1.29 is 0 Å². The van der Waals surface area contributed by atoms with Gasteiger partial charge in [-0.05, 0) is 58.0 Å². The SMILES string of the molecule is c1ccc(N(c2ccc3c4c(cccc24)-c2ccccc2-3)c2cccc3cccnc23)cc1. The van der Waals surface area contributed by atoms with Gasteiger partial charge in [-0.3, -0.25) is 4.98 Å². The summed E-state index contributed by atoms with van der Waals surface area (Å²) in [5, 5.41) is 3.71. The van der Waals surface area contributed by atoms with E-state index in [9.17, 15) is 0 Å². The van der Waals surface area contributed by atoms with Crippen LogP contribution in [0.15, 0.2) is 121 Å². The Labute approximate surface area is 192 Å². The van der Waals surface area contributed by atoms with E-state index in [1.165, 1.54) is 33.0 Å². The normalized spacial score (nSPS) is 11.6. The van der Waals surface area contributed by atoms with Crippen LogP contribution in [0.25, 0.3) is 43.9 Å². The summed E-state index contributed by atoms with van der Waals surface area (Å²) < 4.78 is 0. The molecule has 1 aliphatic carbocycles. The maximum absolute atomic E-state index is 4.77. The largest absolute Gasteiger partial charge is 0.308 e. The van der Waals surface area contributed by atoms with Crippen LogP contribution in [-0.4, -0.2) is 4.98 Å². The summed E-state index contributed by atoms with van der Waals surface area (Å²) in [4.78, 5) is 7.12. The Bertz CT molecular complexity index is 1630. The molecule has 5 aromatic carbocycles. The van der Waals surface area contributed by atoms with Crippen LogP contribution in [0, 0.1) is 0 Å². The Morgan fingerprint density at radius 2 is 1.18 bits per heavy atom. The number of fused-ring (bicyclic) bond motifs is 4. The molecule has 0 bridgehead atoms. The van der Waals surface area contributed by atoms with Crippen molar-refractivity contribution in [3.05, 3.63) is 121 Å². The van der Waals surface area contributed by atoms with Crippen LogP contribution in [0.3, 0.4) is 0 Å². The fraction of sp³-hybridized carbons (Fsp3) is 0. The summed E-state index contributed by atoms with van der Waals surface area (Å²) in [6, 6.07) is 41.0. The number of para-hydroxylation sites is 2. The van der Waals surface area contributed by atoms with Gasteiger partial charge in [0.2, 0.25) is 0 Å². The molecule has 1 aliphatic rings. The monoisotopic (exact) mass is 420 g/mol. The van der Waals surface area contributed by atoms with E-state index in [1.807, 2.05) is 12.3 Å². The third kappa shape index (κ3) is 2.64. The quantitative estimate of drug-likeness (QED) is 0.285. The Kier molecular flexibility index (Phi) is 3.88. The summed E-state index contributed by atoms with van der Waals surface area (Å²) >= 11 is 0. The van der Waals surface area contributed by atoms with Gasteiger partial charge in [-0.25, -0.2) is 0 Å². The molecule has 1 heterocycles. The van der Waals surface area contributed by atoms with E-state index < -0.39 is 0 Å². The minimum absolute atomic E-state index is 0.996. The van der Waals surface area contributed by atoms with Crippen LogP contribution in [0.2, 0.25) is 0 Å². The second-order valence-electron chi connectivity index (χ2n) is 8.43. The molecule has 33 heavy (non-hydrogen) atoms. The Morgan fingerprint density at radius 1 is 0.485 bits per heavy atom. The molecule has 0 amide bonds. The first-order chi connectivity index (χ1) is 16.4. The molecule has 0 atom stereocenters. The van der Waals surface area contributed by atoms with E-state index in [0.29, 0.717) is 0 Å². The molecule has 154 valence electrons. The van der Waals surface area contributed by atoms with E-state index in [1.54, 1.807) is 0 Å². The highest BCUT2D eigenvalue weighted by atomic mass is 15.1. The van der Waals surface area contributed by atoms with Crippen molar-refractivity contribution in [3.63, 3.8) is 0 Å². The average molecular weight is 421 g/mol. The summed E-state index contributed by atoms with van der Waals surface area (Å²) in [5.74, 6) is 0. The van der Waals surface area contributed by atoms with Crippen molar-refractivity contribution in [1.29, 1.82) is 0 Å². The van der Waals surface area contributed by atoms with Crippen LogP contribution < -0.4 is 4.90 Å². The number of pyridine rings is 1. The predicted octanol–water partition coefficient (Wildman–Crippen LogP) is 8.51. The predicted molar refractivity (Wildman–Crippen MR) is 138 cm³/mol. The third-order valence-corrected chi connectivity index (χ3v) is 6.63. The Balaban J connectivity index is 1.57. The highest BCUT2D eigenvalue weighted by molar-refractivity contribution is 6.19. The second-order valence-corrected chi connectivity index (χ2v) is 8.43. The minimum Gasteiger partial charge on any atom is -0.308 e. The molecular formula is C31H20N2. The first-order valence-corrected chi connectivity index (χ1v) is 11.2. The maximum Gasteiger partial charge on any atom is 0.0942 e. The summed E-state index contributed by atoms with van der Waals surface area (Å²) in [6.45, 7) is 0. The van der Waals surface area contributed by atoms with Crippen molar-refractivity contribution >= 4 is 38.7 Å². The number of hydrogen-bond acceptors (Lipinski definition) is 2. The molecule has 0 unspecified atom stereocenters. The zero-order valence-electron chi connectivity index (χ0n) is 17.9. The fourth-order valence-electron chi connectivity index (χ4n) is 5.24. The van der Waals surface area contributed by atoms with Gasteiger partial charge in [-0.15, -0.1) is 0 Å². The molecule has 0 N–H and O–H groups in total. The molecule has 0 aliphatic heterocycles. The van der Waals surface area contributed by atoms with Gasteiger partial charge in [0.25, 0.3) is 0 Å². The lowest BCUT2D eigenvalue weighted by molar-refractivity contribution is 1.29. The number of anilines is 3. The van der Waals surface area contributed by atoms with E-state index >= 15 is 0 Å². The molecule has 7 rings (SSSR count). The lowest BCUT2D eigenvalue weighted by atomic mass is 10.00. The summed E-state index contributed by atoms with van der Waals surface area (Å²) in [6.07, 6.45) is 1.87. The van der Waals surface area contributed by atoms with E-state index in [0.717, 1.165) is 28.0 Å². The second kappa shape index (κ2) is 7.04. The van der Waals surface area contributed by atoms with Crippen LogP contribution in [0.5, 0.6) is 0 Å². The molecule has 0 fully saturated rings. The zero-order chi connectivity index (χ0) is 21.8. The average Bonchev–Trinajstić information content (AvgIpc) is 3.22. The smallest absolute Gasteiger partial charge is 0.0942 e. The molecule has 1 aromatic heterocycles. The van der Waals surface area contributed by atoms with Gasteiger partial charge in [-0.2, -0.15) is 0 Å². The van der Waals surface area contributed by atoms with Crippen molar-refractivity contribution in [1.82, 2.24) is 4.98 Å². The molecular weight excluding hydrogens is 400 g/mol. The first-order valence-electron chi connectivity index (χ1n) is 11.2. The van der Waals surface area contributed by atoms with Crippen LogP contribution in [0.1, 0.15) is 0 Å². The molecule has 0 saturated carbocycles. The number of nitrogens with zero attached hydrogens (tertiary/aromatic N) is 2. The van der Waals surface area contributed by atoms with Crippen molar-refractivity contribution in [3.8, 4) is 22.3 Å². The molecule has 0 saturated heterocycles. The van der Waals surface area contributed by atoms with Crippen molar-refractivity contribution in [2.75, 3.05) is 4.90 Å². The number of rotatable bonds is 3. The summed E-state index contributed by atoms with van der Waals surface area (Å²) in [7, 11) is 0. The van der Waals surface area contributed by atoms with Gasteiger partial charge in [0, 0.05) is 22.7 Å². The van der Waals surface area contributed by atoms with Gasteiger partial charge in [0.1, 0.15) is 0 Å². The van der Waals surface area contributed by atoms with Crippen LogP contribution >= 0.6 is 0 Å². The lowest BCUT2D eigenvalue weighted by Crippen LogP contribution is -2.11. The van der Waals surface area contributed by atoms with Crippen molar-refractivity contribution in [2.24, 2.45) is 0 Å². The standard InChI is InChI=1S/C31H20N2/c1-2-11-22(12-3-1)33(29-17-6-9-21-10-8-20-32-31(21)29)28-19-18-26-24-14-5-4-13-23(24)25-15-7-16-27(28)30(25)26/h1-20H. The summed E-state index contributed by atoms with van der Waals surface area (Å²) in [5.41, 5.74) is 9.60. The van der Waals surface area contributed by atoms with Crippen LogP contribution in [-0.2, 0) is 0 Å². The highest BCUT2D eigenvalue weighted by Crippen LogP contribution is 2.51. The maximum atomic E-state index is 4.77. The molecule has 2 heteroatoms. The zero-order valence-corrected chi connectivity index (χ0v) is 17.9. The lowest BCUT2D eigenvalue weighted by Gasteiger charge is -2.28. The topological polar surface area (TPSA) is 16.1 Å². The van der Waals surface area contributed by atoms with E-state index in [4.69, 9.17) is 4.98 Å². The molecule has 2 nitrogen and oxygen atoms in total. The molecule has 0 radical (unpaired) electrons. The van der Waals surface area contributed by atoms with E-state index in [-0.39, 0.29) is 0 Å². The number of hydrogen-bond donors (Lipinski definition) is 0. The Morgan fingerprint density at radius 3 is 2.03 bits per heavy atom. The first kappa shape index (κ1) is 18.2. The van der Waals surface area contributed by atoms with Gasteiger partial charge in [0.05, 0.1) is 16.9 Å². The number of aromatic nitrogens is 1. The third-order valence-electron chi connectivity index (χ3n) is 6.63. The van der Waals surface area contributed by atoms with Gasteiger partial charge >= 0.3 is 0 Å². The van der Waals surface area contributed by atoms with E-state index in [2.05, 4.69) is 114 Å². The van der Waals surface area contributed by atoms with Gasteiger partial charge in [0.15, 0.2) is 0 Å². The minimum atomic E-state index is 0.996. The number of benzene rings is 5. The van der Waals surface area contributed by atoms with Crippen molar-refractivity contribution in [2.45, 2.75) is 0 Å².